The number of aliphatic hydroxyl groups is 1. The Labute approximate surface area is 49.5 Å². The molecule has 0 bridgehead atoms. The van der Waals surface area contributed by atoms with Crippen LogP contribution in [0.5, 0.6) is 0 Å². The lowest BCUT2D eigenvalue weighted by atomic mass is 10.00. The predicted molar refractivity (Wildman–Crippen MR) is 30.7 cm³/mol. The molecular formula is C6H12O2. The third kappa shape index (κ3) is 1.46. The van der Waals surface area contributed by atoms with Crippen molar-refractivity contribution in [2.75, 3.05) is 13.2 Å². The summed E-state index contributed by atoms with van der Waals surface area (Å²) in [5.41, 5.74) is -0.543. The van der Waals surface area contributed by atoms with Crippen molar-refractivity contribution in [1.82, 2.24) is 0 Å². The summed E-state index contributed by atoms with van der Waals surface area (Å²) in [5, 5.41) is 9.25. The number of hydrogen-bond acceptors (Lipinski definition) is 2. The van der Waals surface area contributed by atoms with Gasteiger partial charge in [-0.3, -0.25) is 0 Å². The highest BCUT2D eigenvalue weighted by Gasteiger charge is 2.23. The molecule has 0 aromatic rings. The largest absolute Gasteiger partial charge is 0.388 e. The summed E-state index contributed by atoms with van der Waals surface area (Å²) in [6.07, 6.45) is 1.88. The van der Waals surface area contributed by atoms with Gasteiger partial charge in [0.15, 0.2) is 0 Å². The Balaban J connectivity index is 2.33. The molecule has 0 aromatic carbocycles. The van der Waals surface area contributed by atoms with E-state index in [1.807, 2.05) is 6.92 Å². The van der Waals surface area contributed by atoms with E-state index < -0.39 is 5.60 Å². The molecule has 2 nitrogen and oxygen atoms in total. The van der Waals surface area contributed by atoms with Crippen LogP contribution >= 0.6 is 0 Å². The lowest BCUT2D eigenvalue weighted by molar-refractivity contribution is -0.0729. The van der Waals surface area contributed by atoms with E-state index >= 15 is 0 Å². The molecule has 1 N–H and O–H groups in total. The topological polar surface area (TPSA) is 29.5 Å². The second-order valence-electron chi connectivity index (χ2n) is 2.65. The smallest absolute Gasteiger partial charge is 0.0853 e. The van der Waals surface area contributed by atoms with Crippen LogP contribution in [0.25, 0.3) is 0 Å². The minimum atomic E-state index is -0.543. The van der Waals surface area contributed by atoms with E-state index in [2.05, 4.69) is 0 Å². The third-order valence-corrected chi connectivity index (χ3v) is 1.42. The second-order valence-corrected chi connectivity index (χ2v) is 2.65. The Hall–Kier alpha value is -0.0800. The molecule has 0 saturated carbocycles. The number of ether oxygens (including phenoxy) is 1. The number of rotatable bonds is 0. The van der Waals surface area contributed by atoms with Gasteiger partial charge < -0.3 is 9.84 Å². The summed E-state index contributed by atoms with van der Waals surface area (Å²) in [4.78, 5) is 0. The predicted octanol–water partition coefficient (Wildman–Crippen LogP) is 0.548. The fourth-order valence-corrected chi connectivity index (χ4v) is 0.919. The molecule has 0 amide bonds. The Kier molecular flexibility index (Phi) is 1.54. The van der Waals surface area contributed by atoms with Gasteiger partial charge in [-0.1, -0.05) is 0 Å². The minimum Gasteiger partial charge on any atom is -0.388 e. The van der Waals surface area contributed by atoms with Crippen LogP contribution in [0.15, 0.2) is 0 Å². The monoisotopic (exact) mass is 116 g/mol. The molecule has 1 aliphatic heterocycles. The van der Waals surface area contributed by atoms with Crippen molar-refractivity contribution in [2.24, 2.45) is 0 Å². The maximum atomic E-state index is 9.25. The Morgan fingerprint density at radius 3 is 2.62 bits per heavy atom. The summed E-state index contributed by atoms with van der Waals surface area (Å²) in [5.74, 6) is 0. The lowest BCUT2D eigenvalue weighted by Gasteiger charge is -2.27. The first kappa shape index (κ1) is 6.05. The first-order valence-electron chi connectivity index (χ1n) is 3.01. The molecule has 1 atom stereocenters. The summed E-state index contributed by atoms with van der Waals surface area (Å²) >= 11 is 0. The minimum absolute atomic E-state index is 0.507. The van der Waals surface area contributed by atoms with Crippen molar-refractivity contribution in [2.45, 2.75) is 25.4 Å². The molecular weight excluding hydrogens is 104 g/mol. The van der Waals surface area contributed by atoms with E-state index in [0.717, 1.165) is 19.4 Å². The molecule has 0 unspecified atom stereocenters. The summed E-state index contributed by atoms with van der Waals surface area (Å²) in [6.45, 7) is 3.13. The van der Waals surface area contributed by atoms with Gasteiger partial charge in [0.25, 0.3) is 0 Å². The first-order valence-corrected chi connectivity index (χ1v) is 3.01. The van der Waals surface area contributed by atoms with Crippen molar-refractivity contribution in [1.29, 1.82) is 0 Å². The maximum absolute atomic E-state index is 9.25. The molecule has 0 spiro atoms. The lowest BCUT2D eigenvalue weighted by Crippen LogP contribution is -2.34. The van der Waals surface area contributed by atoms with E-state index in [9.17, 15) is 5.11 Å². The molecule has 8 heavy (non-hydrogen) atoms. The highest BCUT2D eigenvalue weighted by molar-refractivity contribution is 4.74. The van der Waals surface area contributed by atoms with Crippen molar-refractivity contribution in [3.05, 3.63) is 0 Å². The Morgan fingerprint density at radius 1 is 1.62 bits per heavy atom. The van der Waals surface area contributed by atoms with E-state index in [1.54, 1.807) is 0 Å². The highest BCUT2D eigenvalue weighted by Crippen LogP contribution is 2.16. The Morgan fingerprint density at radius 2 is 2.38 bits per heavy atom. The SMILES string of the molecule is C[C@@]1(O)CCCOC1. The van der Waals surface area contributed by atoms with Crippen molar-refractivity contribution in [3.63, 3.8) is 0 Å². The van der Waals surface area contributed by atoms with Gasteiger partial charge in [0.05, 0.1) is 12.2 Å². The van der Waals surface area contributed by atoms with Gasteiger partial charge in [-0.25, -0.2) is 0 Å². The zero-order chi connectivity index (χ0) is 6.04. The van der Waals surface area contributed by atoms with Gasteiger partial charge >= 0.3 is 0 Å². The van der Waals surface area contributed by atoms with Gasteiger partial charge in [0.1, 0.15) is 0 Å². The second kappa shape index (κ2) is 2.03. The summed E-state index contributed by atoms with van der Waals surface area (Å²) < 4.78 is 5.03. The normalized spacial score (nSPS) is 39.8. The van der Waals surface area contributed by atoms with Gasteiger partial charge in [0, 0.05) is 6.61 Å². The van der Waals surface area contributed by atoms with Crippen LogP contribution in [0.1, 0.15) is 19.8 Å². The zero-order valence-corrected chi connectivity index (χ0v) is 5.18. The zero-order valence-electron chi connectivity index (χ0n) is 5.18. The van der Waals surface area contributed by atoms with Crippen LogP contribution < -0.4 is 0 Å². The molecule has 1 rings (SSSR count). The fourth-order valence-electron chi connectivity index (χ4n) is 0.919. The standard InChI is InChI=1S/C6H12O2/c1-6(7)3-2-4-8-5-6/h7H,2-5H2,1H3/t6-/m1/s1. The average Bonchev–Trinajstić information content (AvgIpc) is 1.65. The number of hydrogen-bond donors (Lipinski definition) is 1. The molecule has 2 heteroatoms. The summed E-state index contributed by atoms with van der Waals surface area (Å²) in [6, 6.07) is 0. The molecule has 0 aliphatic carbocycles. The van der Waals surface area contributed by atoms with E-state index in [1.165, 1.54) is 0 Å². The van der Waals surface area contributed by atoms with E-state index in [-0.39, 0.29) is 0 Å². The molecule has 1 fully saturated rings. The molecule has 1 heterocycles. The van der Waals surface area contributed by atoms with Crippen molar-refractivity contribution >= 4 is 0 Å². The van der Waals surface area contributed by atoms with Gasteiger partial charge in [-0.2, -0.15) is 0 Å². The van der Waals surface area contributed by atoms with Gasteiger partial charge in [0.2, 0.25) is 0 Å². The van der Waals surface area contributed by atoms with Crippen molar-refractivity contribution in [3.8, 4) is 0 Å². The van der Waals surface area contributed by atoms with Crippen LogP contribution in [0.2, 0.25) is 0 Å². The fraction of sp³-hybridized carbons (Fsp3) is 1.00. The third-order valence-electron chi connectivity index (χ3n) is 1.42. The molecule has 1 aliphatic rings. The molecule has 0 aromatic heterocycles. The van der Waals surface area contributed by atoms with Crippen LogP contribution in [-0.2, 0) is 4.74 Å². The maximum Gasteiger partial charge on any atom is 0.0853 e. The van der Waals surface area contributed by atoms with Crippen LogP contribution in [0.4, 0.5) is 0 Å². The summed E-state index contributed by atoms with van der Waals surface area (Å²) in [7, 11) is 0. The highest BCUT2D eigenvalue weighted by atomic mass is 16.5. The van der Waals surface area contributed by atoms with Gasteiger partial charge in [-0.05, 0) is 19.8 Å². The quantitative estimate of drug-likeness (QED) is 0.500. The van der Waals surface area contributed by atoms with E-state index in [4.69, 9.17) is 4.74 Å². The average molecular weight is 116 g/mol. The molecule has 1 saturated heterocycles. The first-order chi connectivity index (χ1) is 3.71. The Bertz CT molecular complexity index is 70.6. The van der Waals surface area contributed by atoms with Crippen LogP contribution in [0, 0.1) is 0 Å². The van der Waals surface area contributed by atoms with Crippen LogP contribution in [-0.4, -0.2) is 23.9 Å². The van der Waals surface area contributed by atoms with Crippen LogP contribution in [0.3, 0.4) is 0 Å². The van der Waals surface area contributed by atoms with Crippen molar-refractivity contribution < 1.29 is 9.84 Å². The van der Waals surface area contributed by atoms with Gasteiger partial charge in [-0.15, -0.1) is 0 Å². The van der Waals surface area contributed by atoms with E-state index in [0.29, 0.717) is 6.61 Å². The molecule has 48 valence electrons. The molecule has 0 radical (unpaired) electrons.